The van der Waals surface area contributed by atoms with Crippen molar-refractivity contribution in [2.24, 2.45) is 5.92 Å². The van der Waals surface area contributed by atoms with Crippen LogP contribution in [0.5, 0.6) is 0 Å². The molecule has 6 heteroatoms. The Morgan fingerprint density at radius 3 is 2.41 bits per heavy atom. The zero-order chi connectivity index (χ0) is 23.8. The monoisotopic (exact) mass is 453 g/mol. The normalized spacial score (nSPS) is 14.5. The van der Waals surface area contributed by atoms with Gasteiger partial charge in [-0.05, 0) is 81.5 Å². The first-order valence-electron chi connectivity index (χ1n) is 11.9. The molecule has 1 N–H and O–H groups in total. The van der Waals surface area contributed by atoms with Crippen molar-refractivity contribution in [1.82, 2.24) is 14.6 Å². The maximum atomic E-state index is 12.9. The number of carbonyl (C=O) groups is 1. The van der Waals surface area contributed by atoms with Crippen LogP contribution < -0.4 is 10.2 Å². The first-order chi connectivity index (χ1) is 16.4. The highest BCUT2D eigenvalue weighted by Gasteiger charge is 2.27. The molecule has 6 nitrogen and oxygen atoms in total. The number of aromatic nitrogens is 3. The molecule has 3 heterocycles. The summed E-state index contributed by atoms with van der Waals surface area (Å²) >= 11 is 0. The van der Waals surface area contributed by atoms with Crippen molar-refractivity contribution in [2.45, 2.75) is 40.5 Å². The van der Waals surface area contributed by atoms with Gasteiger partial charge in [0.15, 0.2) is 5.82 Å². The zero-order valence-corrected chi connectivity index (χ0v) is 20.3. The van der Waals surface area contributed by atoms with Gasteiger partial charge in [-0.2, -0.15) is 5.10 Å². The third-order valence-electron chi connectivity index (χ3n) is 6.69. The lowest BCUT2D eigenvalue weighted by Gasteiger charge is -2.32. The number of nitrogens with zero attached hydrogens (tertiary/aromatic N) is 4. The fraction of sp³-hybridized carbons (Fsp3) is 0.321. The second-order valence-electron chi connectivity index (χ2n) is 9.56. The summed E-state index contributed by atoms with van der Waals surface area (Å²) in [6.07, 6.45) is 5.31. The fourth-order valence-electron chi connectivity index (χ4n) is 4.94. The molecule has 1 fully saturated rings. The quantitative estimate of drug-likeness (QED) is 0.444. The topological polar surface area (TPSA) is 62.5 Å². The van der Waals surface area contributed by atoms with Crippen molar-refractivity contribution >= 4 is 22.9 Å². The summed E-state index contributed by atoms with van der Waals surface area (Å²) in [5.74, 6) is 1.05. The van der Waals surface area contributed by atoms with E-state index >= 15 is 0 Å². The molecule has 0 aliphatic carbocycles. The van der Waals surface area contributed by atoms with Crippen LogP contribution in [0.3, 0.4) is 0 Å². The Hall–Kier alpha value is -3.67. The number of hydrogen-bond donors (Lipinski definition) is 1. The van der Waals surface area contributed by atoms with Crippen molar-refractivity contribution in [3.8, 4) is 11.3 Å². The second-order valence-corrected chi connectivity index (χ2v) is 9.56. The Balaban J connectivity index is 1.32. The molecule has 0 bridgehead atoms. The first kappa shape index (κ1) is 22.1. The number of hydrogen-bond acceptors (Lipinski definition) is 4. The van der Waals surface area contributed by atoms with E-state index in [1.54, 1.807) is 6.20 Å². The molecule has 0 saturated carbocycles. The standard InChI is InChI=1S/C28H31N5O/c1-18-5-6-21(4)24(16-18)25-17-26-27(29-9-12-33(26)31-25)32-10-7-22(8-11-32)28(34)30-23-14-19(2)13-20(3)15-23/h5-6,9,12-17,22H,7-8,10-11H2,1-4H3,(H,30,34). The molecule has 0 atom stereocenters. The molecule has 4 aromatic rings. The van der Waals surface area contributed by atoms with Gasteiger partial charge in [0, 0.05) is 42.7 Å². The highest BCUT2D eigenvalue weighted by molar-refractivity contribution is 5.93. The van der Waals surface area contributed by atoms with Gasteiger partial charge in [0.2, 0.25) is 5.91 Å². The molecule has 5 rings (SSSR count). The largest absolute Gasteiger partial charge is 0.355 e. The van der Waals surface area contributed by atoms with E-state index in [0.29, 0.717) is 0 Å². The average molecular weight is 454 g/mol. The Morgan fingerprint density at radius 2 is 1.68 bits per heavy atom. The van der Waals surface area contributed by atoms with Gasteiger partial charge in [0.05, 0.1) is 5.69 Å². The molecule has 1 saturated heterocycles. The lowest BCUT2D eigenvalue weighted by atomic mass is 9.95. The van der Waals surface area contributed by atoms with Crippen molar-refractivity contribution in [1.29, 1.82) is 0 Å². The van der Waals surface area contributed by atoms with Gasteiger partial charge in [-0.15, -0.1) is 0 Å². The zero-order valence-electron chi connectivity index (χ0n) is 20.3. The number of anilines is 2. The summed E-state index contributed by atoms with van der Waals surface area (Å²) in [6, 6.07) is 14.7. The van der Waals surface area contributed by atoms with E-state index in [2.05, 4.69) is 68.2 Å². The van der Waals surface area contributed by atoms with Crippen LogP contribution >= 0.6 is 0 Å². The molecular weight excluding hydrogens is 422 g/mol. The van der Waals surface area contributed by atoms with Crippen LogP contribution in [-0.2, 0) is 4.79 Å². The molecule has 2 aromatic heterocycles. The highest BCUT2D eigenvalue weighted by atomic mass is 16.1. The van der Waals surface area contributed by atoms with Gasteiger partial charge in [0.1, 0.15) is 5.52 Å². The van der Waals surface area contributed by atoms with Crippen LogP contribution in [0.2, 0.25) is 0 Å². The van der Waals surface area contributed by atoms with Crippen molar-refractivity contribution in [2.75, 3.05) is 23.3 Å². The molecule has 1 aliphatic rings. The number of piperidine rings is 1. The molecule has 34 heavy (non-hydrogen) atoms. The smallest absolute Gasteiger partial charge is 0.227 e. The second kappa shape index (κ2) is 8.93. The number of benzene rings is 2. The molecule has 0 unspecified atom stereocenters. The summed E-state index contributed by atoms with van der Waals surface area (Å²) < 4.78 is 1.91. The van der Waals surface area contributed by atoms with Gasteiger partial charge in [0.25, 0.3) is 0 Å². The number of aryl methyl sites for hydroxylation is 4. The molecule has 2 aromatic carbocycles. The minimum Gasteiger partial charge on any atom is -0.355 e. The number of rotatable bonds is 4. The Bertz CT molecular complexity index is 1340. The van der Waals surface area contributed by atoms with E-state index < -0.39 is 0 Å². The first-order valence-corrected chi connectivity index (χ1v) is 11.9. The molecular formula is C28H31N5O. The number of amides is 1. The van der Waals surface area contributed by atoms with Gasteiger partial charge in [-0.3, -0.25) is 4.79 Å². The molecule has 1 amide bonds. The van der Waals surface area contributed by atoms with Crippen LogP contribution in [0, 0.1) is 33.6 Å². The van der Waals surface area contributed by atoms with Crippen molar-refractivity contribution < 1.29 is 4.79 Å². The summed E-state index contributed by atoms with van der Waals surface area (Å²) in [6.45, 7) is 9.91. The number of fused-ring (bicyclic) bond motifs is 1. The van der Waals surface area contributed by atoms with E-state index in [9.17, 15) is 4.79 Å². The third kappa shape index (κ3) is 4.40. The summed E-state index contributed by atoms with van der Waals surface area (Å²) in [5.41, 5.74) is 8.73. The molecule has 174 valence electrons. The van der Waals surface area contributed by atoms with Gasteiger partial charge in [-0.1, -0.05) is 23.8 Å². The lowest BCUT2D eigenvalue weighted by molar-refractivity contribution is -0.120. The van der Waals surface area contributed by atoms with E-state index in [4.69, 9.17) is 10.1 Å². The maximum absolute atomic E-state index is 12.9. The van der Waals surface area contributed by atoms with E-state index in [1.165, 1.54) is 11.1 Å². The summed E-state index contributed by atoms with van der Waals surface area (Å²) in [4.78, 5) is 19.9. The minimum atomic E-state index is 0.00668. The van der Waals surface area contributed by atoms with E-state index in [-0.39, 0.29) is 11.8 Å². The fourth-order valence-corrected chi connectivity index (χ4v) is 4.94. The van der Waals surface area contributed by atoms with Gasteiger partial charge in [-0.25, -0.2) is 9.50 Å². The van der Waals surface area contributed by atoms with Crippen LogP contribution in [0.4, 0.5) is 11.5 Å². The average Bonchev–Trinajstić information content (AvgIpc) is 3.24. The number of nitrogens with one attached hydrogen (secondary N) is 1. The van der Waals surface area contributed by atoms with E-state index in [0.717, 1.165) is 65.3 Å². The van der Waals surface area contributed by atoms with E-state index in [1.807, 2.05) is 22.8 Å². The summed E-state index contributed by atoms with van der Waals surface area (Å²) in [7, 11) is 0. The molecule has 1 aliphatic heterocycles. The van der Waals surface area contributed by atoms with Crippen LogP contribution in [0.1, 0.15) is 35.1 Å². The minimum absolute atomic E-state index is 0.00668. The molecule has 0 radical (unpaired) electrons. The summed E-state index contributed by atoms with van der Waals surface area (Å²) in [5, 5.41) is 7.95. The van der Waals surface area contributed by atoms with Gasteiger partial charge >= 0.3 is 0 Å². The van der Waals surface area contributed by atoms with Crippen LogP contribution in [0.15, 0.2) is 54.9 Å². The lowest BCUT2D eigenvalue weighted by Crippen LogP contribution is -2.38. The maximum Gasteiger partial charge on any atom is 0.227 e. The Kier molecular flexibility index (Phi) is 5.82. The predicted octanol–water partition coefficient (Wildman–Crippen LogP) is 5.49. The predicted molar refractivity (Wildman–Crippen MR) is 137 cm³/mol. The Morgan fingerprint density at radius 1 is 0.941 bits per heavy atom. The number of carbonyl (C=O) groups excluding carboxylic acids is 1. The van der Waals surface area contributed by atoms with Crippen molar-refractivity contribution in [3.63, 3.8) is 0 Å². The highest BCUT2D eigenvalue weighted by Crippen LogP contribution is 2.30. The Labute approximate surface area is 200 Å². The van der Waals surface area contributed by atoms with Crippen LogP contribution in [-0.4, -0.2) is 33.6 Å². The van der Waals surface area contributed by atoms with Gasteiger partial charge < -0.3 is 10.2 Å². The SMILES string of the molecule is Cc1cc(C)cc(NC(=O)C2CCN(c3nccn4nc(-c5cc(C)ccc5C)cc34)CC2)c1. The van der Waals surface area contributed by atoms with Crippen LogP contribution in [0.25, 0.3) is 16.8 Å². The third-order valence-corrected chi connectivity index (χ3v) is 6.69. The molecule has 0 spiro atoms. The van der Waals surface area contributed by atoms with Crippen molar-refractivity contribution in [3.05, 3.63) is 77.1 Å².